The largest absolute Gasteiger partial charge is 0.488 e. The van der Waals surface area contributed by atoms with Gasteiger partial charge < -0.3 is 15.2 Å². The van der Waals surface area contributed by atoms with Crippen LogP contribution in [0, 0.1) is 5.92 Å². The van der Waals surface area contributed by atoms with Crippen molar-refractivity contribution >= 4 is 11.6 Å². The van der Waals surface area contributed by atoms with Crippen molar-refractivity contribution in [3.63, 3.8) is 0 Å². The summed E-state index contributed by atoms with van der Waals surface area (Å²) in [6, 6.07) is 7.17. The average molecular weight is 251 g/mol. The van der Waals surface area contributed by atoms with Gasteiger partial charge in [-0.2, -0.15) is 0 Å². The third-order valence-electron chi connectivity index (χ3n) is 2.96. The fourth-order valence-corrected chi connectivity index (χ4v) is 1.28. The second kappa shape index (κ2) is 5.87. The predicted octanol–water partition coefficient (Wildman–Crippen LogP) is 2.43. The molecule has 1 aromatic rings. The molecule has 0 bridgehead atoms. The Balaban J connectivity index is 2.76. The first kappa shape index (κ1) is 14.5. The van der Waals surface area contributed by atoms with Gasteiger partial charge in [0.05, 0.1) is 11.3 Å². The summed E-state index contributed by atoms with van der Waals surface area (Å²) in [5.41, 5.74) is -0.284. The zero-order valence-corrected chi connectivity index (χ0v) is 11.4. The molecule has 0 saturated heterocycles. The highest BCUT2D eigenvalue weighted by atomic mass is 16.5. The van der Waals surface area contributed by atoms with Crippen LogP contribution in [0.25, 0.3) is 0 Å². The first-order chi connectivity index (χ1) is 8.33. The fourth-order valence-electron chi connectivity index (χ4n) is 1.28. The molecule has 0 aliphatic rings. The van der Waals surface area contributed by atoms with Gasteiger partial charge in [0.2, 0.25) is 5.91 Å². The van der Waals surface area contributed by atoms with Crippen LogP contribution in [-0.4, -0.2) is 23.2 Å². The van der Waals surface area contributed by atoms with E-state index in [1.807, 2.05) is 26.0 Å². The normalized spacial score (nSPS) is 14.1. The van der Waals surface area contributed by atoms with Crippen LogP contribution in [0.3, 0.4) is 0 Å². The van der Waals surface area contributed by atoms with E-state index in [0.29, 0.717) is 11.4 Å². The van der Waals surface area contributed by atoms with E-state index < -0.39 is 5.60 Å². The Morgan fingerprint density at radius 2 is 2.06 bits per heavy atom. The molecule has 0 aliphatic carbocycles. The summed E-state index contributed by atoms with van der Waals surface area (Å²) in [6.07, 6.45) is 0. The topological polar surface area (TPSA) is 58.6 Å². The highest BCUT2D eigenvalue weighted by Crippen LogP contribution is 2.26. The maximum atomic E-state index is 11.1. The molecule has 100 valence electrons. The first-order valence-electron chi connectivity index (χ1n) is 6.04. The minimum absolute atomic E-state index is 0.0884. The van der Waals surface area contributed by atoms with Crippen molar-refractivity contribution in [1.82, 2.24) is 0 Å². The van der Waals surface area contributed by atoms with Gasteiger partial charge in [0, 0.05) is 6.92 Å². The Morgan fingerprint density at radius 3 is 2.61 bits per heavy atom. The maximum absolute atomic E-state index is 11.1. The SMILES string of the molecule is CC(=O)Nc1ccccc1OCC(C)(O)C(C)C. The number of para-hydroxylation sites is 2. The van der Waals surface area contributed by atoms with E-state index in [0.717, 1.165) is 0 Å². The van der Waals surface area contributed by atoms with Crippen LogP contribution in [0.1, 0.15) is 27.7 Å². The lowest BCUT2D eigenvalue weighted by molar-refractivity contribution is -0.114. The van der Waals surface area contributed by atoms with Gasteiger partial charge >= 0.3 is 0 Å². The van der Waals surface area contributed by atoms with Gasteiger partial charge in [-0.1, -0.05) is 26.0 Å². The van der Waals surface area contributed by atoms with E-state index >= 15 is 0 Å². The quantitative estimate of drug-likeness (QED) is 0.845. The smallest absolute Gasteiger partial charge is 0.221 e. The monoisotopic (exact) mass is 251 g/mol. The van der Waals surface area contributed by atoms with Crippen molar-refractivity contribution in [2.75, 3.05) is 11.9 Å². The molecule has 1 atom stereocenters. The molecule has 0 aliphatic heterocycles. The molecule has 0 saturated carbocycles. The Morgan fingerprint density at radius 1 is 1.44 bits per heavy atom. The molecule has 0 fully saturated rings. The molecule has 0 heterocycles. The van der Waals surface area contributed by atoms with Crippen molar-refractivity contribution in [2.45, 2.75) is 33.3 Å². The van der Waals surface area contributed by atoms with E-state index in [1.165, 1.54) is 6.92 Å². The minimum atomic E-state index is -0.899. The molecular weight excluding hydrogens is 230 g/mol. The highest BCUT2D eigenvalue weighted by Gasteiger charge is 2.26. The molecule has 0 radical (unpaired) electrons. The van der Waals surface area contributed by atoms with Gasteiger partial charge in [0.1, 0.15) is 12.4 Å². The number of benzene rings is 1. The van der Waals surface area contributed by atoms with Gasteiger partial charge in [-0.25, -0.2) is 0 Å². The summed E-state index contributed by atoms with van der Waals surface area (Å²) in [4.78, 5) is 11.1. The third-order valence-corrected chi connectivity index (χ3v) is 2.96. The number of amides is 1. The van der Waals surface area contributed by atoms with Crippen LogP contribution >= 0.6 is 0 Å². The number of anilines is 1. The van der Waals surface area contributed by atoms with Gasteiger partial charge in [0.15, 0.2) is 0 Å². The number of nitrogens with one attached hydrogen (secondary N) is 1. The number of hydrogen-bond acceptors (Lipinski definition) is 3. The zero-order chi connectivity index (χ0) is 13.8. The van der Waals surface area contributed by atoms with E-state index in [4.69, 9.17) is 4.74 Å². The summed E-state index contributed by atoms with van der Waals surface area (Å²) in [6.45, 7) is 7.23. The van der Waals surface area contributed by atoms with E-state index in [2.05, 4.69) is 5.32 Å². The first-order valence-corrected chi connectivity index (χ1v) is 6.04. The van der Waals surface area contributed by atoms with Crippen LogP contribution in [0.4, 0.5) is 5.69 Å². The van der Waals surface area contributed by atoms with Crippen molar-refractivity contribution in [3.8, 4) is 5.75 Å². The standard InChI is InChI=1S/C14H21NO3/c1-10(2)14(4,17)9-18-13-8-6-5-7-12(13)15-11(3)16/h5-8,10,17H,9H2,1-4H3,(H,15,16). The van der Waals surface area contributed by atoms with Crippen LogP contribution < -0.4 is 10.1 Å². The lowest BCUT2D eigenvalue weighted by atomic mass is 9.94. The molecular formula is C14H21NO3. The summed E-state index contributed by atoms with van der Waals surface area (Å²) in [5, 5.41) is 12.8. The summed E-state index contributed by atoms with van der Waals surface area (Å²) < 4.78 is 5.60. The van der Waals surface area contributed by atoms with E-state index in [-0.39, 0.29) is 18.4 Å². The van der Waals surface area contributed by atoms with Crippen LogP contribution in [0.2, 0.25) is 0 Å². The molecule has 0 aromatic heterocycles. The molecule has 0 spiro atoms. The molecule has 1 unspecified atom stereocenters. The second-order valence-electron chi connectivity index (χ2n) is 4.98. The third kappa shape index (κ3) is 4.04. The predicted molar refractivity (Wildman–Crippen MR) is 71.7 cm³/mol. The number of hydrogen-bond donors (Lipinski definition) is 2. The van der Waals surface area contributed by atoms with Crippen LogP contribution in [0.15, 0.2) is 24.3 Å². The minimum Gasteiger partial charge on any atom is -0.488 e. The summed E-state index contributed by atoms with van der Waals surface area (Å²) in [5.74, 6) is 0.501. The van der Waals surface area contributed by atoms with Gasteiger partial charge in [-0.05, 0) is 25.0 Å². The molecule has 1 aromatic carbocycles. The lowest BCUT2D eigenvalue weighted by Gasteiger charge is -2.27. The maximum Gasteiger partial charge on any atom is 0.221 e. The molecule has 4 heteroatoms. The fraction of sp³-hybridized carbons (Fsp3) is 0.500. The van der Waals surface area contributed by atoms with Crippen LogP contribution in [-0.2, 0) is 4.79 Å². The Kier molecular flexibility index (Phi) is 4.73. The zero-order valence-electron chi connectivity index (χ0n) is 11.4. The number of aliphatic hydroxyl groups is 1. The molecule has 1 amide bonds. The molecule has 18 heavy (non-hydrogen) atoms. The highest BCUT2D eigenvalue weighted by molar-refractivity contribution is 5.90. The van der Waals surface area contributed by atoms with Crippen molar-refractivity contribution < 1.29 is 14.6 Å². The number of carbonyl (C=O) groups excluding carboxylic acids is 1. The van der Waals surface area contributed by atoms with Crippen molar-refractivity contribution in [1.29, 1.82) is 0 Å². The second-order valence-corrected chi connectivity index (χ2v) is 4.98. The molecule has 2 N–H and O–H groups in total. The van der Waals surface area contributed by atoms with Gasteiger partial charge in [-0.3, -0.25) is 4.79 Å². The molecule has 1 rings (SSSR count). The Bertz CT molecular complexity index is 413. The summed E-state index contributed by atoms with van der Waals surface area (Å²) in [7, 11) is 0. The Labute approximate surface area is 108 Å². The number of rotatable bonds is 5. The van der Waals surface area contributed by atoms with Crippen molar-refractivity contribution in [3.05, 3.63) is 24.3 Å². The lowest BCUT2D eigenvalue weighted by Crippen LogP contribution is -2.37. The van der Waals surface area contributed by atoms with Crippen LogP contribution in [0.5, 0.6) is 5.75 Å². The molecule has 4 nitrogen and oxygen atoms in total. The van der Waals surface area contributed by atoms with E-state index in [9.17, 15) is 9.90 Å². The Hall–Kier alpha value is -1.55. The number of carbonyl (C=O) groups is 1. The average Bonchev–Trinajstić information content (AvgIpc) is 2.27. The van der Waals surface area contributed by atoms with Gasteiger partial charge in [0.25, 0.3) is 0 Å². The summed E-state index contributed by atoms with van der Waals surface area (Å²) >= 11 is 0. The van der Waals surface area contributed by atoms with Gasteiger partial charge in [-0.15, -0.1) is 0 Å². The van der Waals surface area contributed by atoms with E-state index in [1.54, 1.807) is 19.1 Å². The van der Waals surface area contributed by atoms with Crippen molar-refractivity contribution in [2.24, 2.45) is 5.92 Å². The number of ether oxygens (including phenoxy) is 1.